The van der Waals surface area contributed by atoms with Crippen LogP contribution in [0.15, 0.2) is 0 Å². The van der Waals surface area contributed by atoms with Gasteiger partial charge in [0.1, 0.15) is 6.23 Å². The van der Waals surface area contributed by atoms with Gasteiger partial charge in [0.15, 0.2) is 0 Å². The number of hydrogen-bond donors (Lipinski definition) is 1. The summed E-state index contributed by atoms with van der Waals surface area (Å²) in [5.74, 6) is 1.46. The third kappa shape index (κ3) is 3.06. The number of rotatable bonds is 3. The lowest BCUT2D eigenvalue weighted by Gasteiger charge is -2.51. The van der Waals surface area contributed by atoms with Crippen molar-refractivity contribution in [2.24, 2.45) is 11.8 Å². The molecule has 3 nitrogen and oxygen atoms in total. The van der Waals surface area contributed by atoms with Crippen molar-refractivity contribution in [3.63, 3.8) is 0 Å². The Morgan fingerprint density at radius 1 is 1.39 bits per heavy atom. The molecule has 1 heterocycles. The zero-order valence-electron chi connectivity index (χ0n) is 12.5. The molecule has 0 aromatic rings. The topological polar surface area (TPSA) is 30.5 Å². The Morgan fingerprint density at radius 2 is 2.11 bits per heavy atom. The van der Waals surface area contributed by atoms with Gasteiger partial charge in [-0.05, 0) is 39.5 Å². The molecular weight excluding hydrogens is 226 g/mol. The first-order valence-electron chi connectivity index (χ1n) is 7.38. The summed E-state index contributed by atoms with van der Waals surface area (Å²) >= 11 is 0. The molecule has 1 saturated carbocycles. The van der Waals surface area contributed by atoms with Crippen LogP contribution in [0.4, 0.5) is 0 Å². The van der Waals surface area contributed by atoms with E-state index in [4.69, 9.17) is 9.47 Å². The van der Waals surface area contributed by atoms with E-state index in [1.165, 1.54) is 19.3 Å². The van der Waals surface area contributed by atoms with Crippen LogP contribution in [0, 0.1) is 11.8 Å². The molecule has 0 unspecified atom stereocenters. The van der Waals surface area contributed by atoms with Crippen LogP contribution in [-0.4, -0.2) is 31.1 Å². The third-order valence-corrected chi connectivity index (χ3v) is 4.80. The lowest BCUT2D eigenvalue weighted by Crippen LogP contribution is -2.63. The van der Waals surface area contributed by atoms with Gasteiger partial charge in [0.25, 0.3) is 0 Å². The van der Waals surface area contributed by atoms with Gasteiger partial charge in [0.05, 0.1) is 12.2 Å². The van der Waals surface area contributed by atoms with Gasteiger partial charge in [-0.1, -0.05) is 13.3 Å². The van der Waals surface area contributed by atoms with E-state index in [-0.39, 0.29) is 17.9 Å². The molecule has 0 bridgehead atoms. The van der Waals surface area contributed by atoms with Gasteiger partial charge in [0, 0.05) is 25.0 Å². The minimum absolute atomic E-state index is 0.140. The number of fused-ring (bicyclic) bond motifs is 1. The molecule has 0 aromatic carbocycles. The zero-order valence-corrected chi connectivity index (χ0v) is 12.5. The first-order valence-corrected chi connectivity index (χ1v) is 7.38. The summed E-state index contributed by atoms with van der Waals surface area (Å²) in [4.78, 5) is 0. The molecular formula is C15H29NO2. The fraction of sp³-hybridized carbons (Fsp3) is 1.00. The maximum Gasteiger partial charge on any atom is 0.111 e. The Morgan fingerprint density at radius 3 is 2.78 bits per heavy atom. The van der Waals surface area contributed by atoms with Crippen molar-refractivity contribution in [1.29, 1.82) is 0 Å². The Balaban J connectivity index is 2.02. The van der Waals surface area contributed by atoms with E-state index in [1.54, 1.807) is 7.11 Å². The Labute approximate surface area is 112 Å². The van der Waals surface area contributed by atoms with E-state index in [0.29, 0.717) is 12.0 Å². The van der Waals surface area contributed by atoms with Gasteiger partial charge in [-0.15, -0.1) is 0 Å². The predicted octanol–water partition coefficient (Wildman–Crippen LogP) is 2.94. The van der Waals surface area contributed by atoms with E-state index in [0.717, 1.165) is 12.3 Å². The van der Waals surface area contributed by atoms with Crippen molar-refractivity contribution >= 4 is 0 Å². The second kappa shape index (κ2) is 5.48. The van der Waals surface area contributed by atoms with Crippen molar-refractivity contribution in [2.75, 3.05) is 7.11 Å². The van der Waals surface area contributed by atoms with Gasteiger partial charge >= 0.3 is 0 Å². The van der Waals surface area contributed by atoms with Crippen LogP contribution in [0.1, 0.15) is 53.4 Å². The van der Waals surface area contributed by atoms with E-state index in [9.17, 15) is 0 Å². The average Bonchev–Trinajstić information content (AvgIpc) is 2.26. The quantitative estimate of drug-likeness (QED) is 0.841. The molecule has 106 valence electrons. The zero-order chi connectivity index (χ0) is 13.3. The van der Waals surface area contributed by atoms with E-state index in [2.05, 4.69) is 33.0 Å². The van der Waals surface area contributed by atoms with Crippen molar-refractivity contribution in [3.05, 3.63) is 0 Å². The average molecular weight is 255 g/mol. The maximum atomic E-state index is 6.28. The minimum atomic E-state index is 0.140. The van der Waals surface area contributed by atoms with Gasteiger partial charge in [-0.2, -0.15) is 0 Å². The van der Waals surface area contributed by atoms with Gasteiger partial charge in [-0.25, -0.2) is 0 Å². The van der Waals surface area contributed by atoms with Crippen molar-refractivity contribution < 1.29 is 9.47 Å². The minimum Gasteiger partial charge on any atom is -0.382 e. The fourth-order valence-corrected chi connectivity index (χ4v) is 3.58. The van der Waals surface area contributed by atoms with Crippen LogP contribution in [0.3, 0.4) is 0 Å². The van der Waals surface area contributed by atoms with Crippen LogP contribution in [0.5, 0.6) is 0 Å². The molecule has 1 aliphatic carbocycles. The van der Waals surface area contributed by atoms with Crippen LogP contribution >= 0.6 is 0 Å². The number of nitrogens with one attached hydrogen (secondary N) is 1. The summed E-state index contributed by atoms with van der Waals surface area (Å²) in [6.45, 7) is 9.11. The highest BCUT2D eigenvalue weighted by Crippen LogP contribution is 2.41. The molecule has 1 N–H and O–H groups in total. The monoisotopic (exact) mass is 255 g/mol. The van der Waals surface area contributed by atoms with Crippen LogP contribution in [0.2, 0.25) is 0 Å². The maximum absolute atomic E-state index is 6.28. The first-order chi connectivity index (χ1) is 8.42. The molecule has 0 radical (unpaired) electrons. The lowest BCUT2D eigenvalue weighted by atomic mass is 9.70. The van der Waals surface area contributed by atoms with Crippen LogP contribution in [-0.2, 0) is 9.47 Å². The Hall–Kier alpha value is -0.120. The van der Waals surface area contributed by atoms with Crippen molar-refractivity contribution in [2.45, 2.75) is 77.4 Å². The Kier molecular flexibility index (Phi) is 4.35. The van der Waals surface area contributed by atoms with Gasteiger partial charge < -0.3 is 9.47 Å². The van der Waals surface area contributed by atoms with E-state index in [1.807, 2.05) is 0 Å². The standard InChI is InChI=1S/C15H29NO2/c1-10-6-7-12-13(8-10)18-14(9-11(2)17-5)16-15(12,3)4/h10-14,16H,6-9H2,1-5H3/t10-,11-,12-,13-,14+/m1/s1. The normalized spacial score (nSPS) is 41.2. The fourth-order valence-electron chi connectivity index (χ4n) is 3.58. The van der Waals surface area contributed by atoms with E-state index < -0.39 is 0 Å². The molecule has 0 aromatic heterocycles. The van der Waals surface area contributed by atoms with E-state index >= 15 is 0 Å². The number of hydrogen-bond acceptors (Lipinski definition) is 3. The number of ether oxygens (including phenoxy) is 2. The summed E-state index contributed by atoms with van der Waals surface area (Å²) in [6, 6.07) is 0. The Bertz CT molecular complexity index is 280. The predicted molar refractivity (Wildman–Crippen MR) is 73.5 cm³/mol. The summed E-state index contributed by atoms with van der Waals surface area (Å²) in [6.07, 6.45) is 5.59. The SMILES string of the molecule is CO[C@H](C)C[C@H]1NC(C)(C)[C@@H]2CC[C@@H](C)C[C@H]2O1. The lowest BCUT2D eigenvalue weighted by molar-refractivity contribution is -0.163. The summed E-state index contributed by atoms with van der Waals surface area (Å²) in [5, 5.41) is 3.67. The van der Waals surface area contributed by atoms with Crippen molar-refractivity contribution in [1.82, 2.24) is 5.32 Å². The highest BCUT2D eigenvalue weighted by Gasteiger charge is 2.45. The molecule has 1 saturated heterocycles. The molecule has 2 fully saturated rings. The van der Waals surface area contributed by atoms with Crippen LogP contribution in [0.25, 0.3) is 0 Å². The largest absolute Gasteiger partial charge is 0.382 e. The molecule has 3 heteroatoms. The second-order valence-electron chi connectivity index (χ2n) is 6.84. The third-order valence-electron chi connectivity index (χ3n) is 4.80. The van der Waals surface area contributed by atoms with Gasteiger partial charge in [0.2, 0.25) is 0 Å². The number of methoxy groups -OCH3 is 1. The molecule has 0 amide bonds. The highest BCUT2D eigenvalue weighted by atomic mass is 16.5. The second-order valence-corrected chi connectivity index (χ2v) is 6.84. The molecule has 2 rings (SSSR count). The molecule has 0 spiro atoms. The summed E-state index contributed by atoms with van der Waals surface area (Å²) < 4.78 is 11.6. The molecule has 18 heavy (non-hydrogen) atoms. The molecule has 2 aliphatic rings. The summed E-state index contributed by atoms with van der Waals surface area (Å²) in [5.41, 5.74) is 0.182. The molecule has 5 atom stereocenters. The first kappa shape index (κ1) is 14.3. The van der Waals surface area contributed by atoms with Crippen LogP contribution < -0.4 is 5.32 Å². The highest BCUT2D eigenvalue weighted by molar-refractivity contribution is 4.98. The molecule has 1 aliphatic heterocycles. The summed E-state index contributed by atoms with van der Waals surface area (Å²) in [7, 11) is 1.77. The van der Waals surface area contributed by atoms with Crippen molar-refractivity contribution in [3.8, 4) is 0 Å². The smallest absolute Gasteiger partial charge is 0.111 e. The van der Waals surface area contributed by atoms with Gasteiger partial charge in [-0.3, -0.25) is 5.32 Å².